The van der Waals surface area contributed by atoms with Gasteiger partial charge in [0.05, 0.1) is 16.4 Å². The highest BCUT2D eigenvalue weighted by Gasteiger charge is 2.12. The van der Waals surface area contributed by atoms with Crippen LogP contribution in [-0.4, -0.2) is 31.8 Å². The molecule has 0 aliphatic rings. The lowest BCUT2D eigenvalue weighted by Gasteiger charge is -2.07. The average Bonchev–Trinajstić information content (AvgIpc) is 2.50. The van der Waals surface area contributed by atoms with Crippen molar-refractivity contribution in [2.45, 2.75) is 19.0 Å². The topological polar surface area (TPSA) is 131 Å². The second kappa shape index (κ2) is 7.01. The molecule has 2 rings (SSSR count). The van der Waals surface area contributed by atoms with E-state index in [4.69, 9.17) is 0 Å². The van der Waals surface area contributed by atoms with Crippen LogP contribution >= 0.6 is 11.8 Å². The number of nitro benzene ring substituents is 1. The van der Waals surface area contributed by atoms with Crippen LogP contribution < -0.4 is 10.9 Å². The molecule has 0 aliphatic carbocycles. The summed E-state index contributed by atoms with van der Waals surface area (Å²) in [5.41, 5.74) is 0.849. The van der Waals surface area contributed by atoms with Crippen LogP contribution in [0.1, 0.15) is 11.3 Å². The maximum Gasteiger partial charge on any atom is 0.273 e. The molecule has 0 aliphatic heterocycles. The number of aryl methyl sites for hydroxylation is 2. The number of carbonyl (C=O) groups is 1. The molecule has 1 aromatic heterocycles. The smallest absolute Gasteiger partial charge is 0.273 e. The van der Waals surface area contributed by atoms with Crippen LogP contribution in [0.15, 0.2) is 28.2 Å². The van der Waals surface area contributed by atoms with Crippen LogP contribution in [0.4, 0.5) is 11.4 Å². The molecule has 1 heterocycles. The highest BCUT2D eigenvalue weighted by Crippen LogP contribution is 2.22. The van der Waals surface area contributed by atoms with Gasteiger partial charge < -0.3 is 5.32 Å². The van der Waals surface area contributed by atoms with Gasteiger partial charge in [-0.1, -0.05) is 17.8 Å². The summed E-state index contributed by atoms with van der Waals surface area (Å²) in [4.78, 5) is 36.0. The Kier molecular flexibility index (Phi) is 5.06. The van der Waals surface area contributed by atoms with Crippen molar-refractivity contribution in [3.8, 4) is 0 Å². The van der Waals surface area contributed by atoms with Gasteiger partial charge in [-0.3, -0.25) is 24.7 Å². The minimum atomic E-state index is -0.531. The molecule has 2 aromatic rings. The second-order valence-electron chi connectivity index (χ2n) is 4.64. The first-order valence-corrected chi connectivity index (χ1v) is 7.46. The maximum atomic E-state index is 11.9. The molecule has 0 spiro atoms. The molecule has 0 radical (unpaired) electrons. The van der Waals surface area contributed by atoms with Crippen LogP contribution in [-0.2, 0) is 4.79 Å². The van der Waals surface area contributed by atoms with Gasteiger partial charge in [-0.15, -0.1) is 10.2 Å². The van der Waals surface area contributed by atoms with E-state index in [2.05, 4.69) is 20.5 Å². The fourth-order valence-corrected chi connectivity index (χ4v) is 2.23. The number of benzene rings is 1. The summed E-state index contributed by atoms with van der Waals surface area (Å²) in [5, 5.41) is 21.0. The zero-order chi connectivity index (χ0) is 17.0. The first kappa shape index (κ1) is 16.6. The number of aromatic nitrogens is 3. The van der Waals surface area contributed by atoms with Gasteiger partial charge in [0, 0.05) is 12.1 Å². The van der Waals surface area contributed by atoms with Gasteiger partial charge in [0.1, 0.15) is 5.69 Å². The third kappa shape index (κ3) is 4.36. The van der Waals surface area contributed by atoms with E-state index in [0.29, 0.717) is 11.3 Å². The third-order valence-electron chi connectivity index (χ3n) is 2.89. The zero-order valence-electron chi connectivity index (χ0n) is 12.3. The van der Waals surface area contributed by atoms with E-state index < -0.39 is 4.92 Å². The number of carbonyl (C=O) groups excluding carboxylic acids is 1. The number of aromatic amines is 1. The summed E-state index contributed by atoms with van der Waals surface area (Å²) in [6, 6.07) is 4.22. The van der Waals surface area contributed by atoms with E-state index in [9.17, 15) is 19.7 Å². The second-order valence-corrected chi connectivity index (χ2v) is 5.60. The number of rotatable bonds is 5. The van der Waals surface area contributed by atoms with Crippen LogP contribution in [0.5, 0.6) is 0 Å². The highest BCUT2D eigenvalue weighted by atomic mass is 32.2. The van der Waals surface area contributed by atoms with Crippen LogP contribution in [0.25, 0.3) is 0 Å². The zero-order valence-corrected chi connectivity index (χ0v) is 13.1. The van der Waals surface area contributed by atoms with Gasteiger partial charge in [0.25, 0.3) is 11.2 Å². The van der Waals surface area contributed by atoms with E-state index in [1.807, 2.05) is 0 Å². The van der Waals surface area contributed by atoms with E-state index >= 15 is 0 Å². The Hall–Kier alpha value is -2.75. The average molecular weight is 335 g/mol. The maximum absolute atomic E-state index is 11.9. The number of thioether (sulfide) groups is 1. The van der Waals surface area contributed by atoms with E-state index in [-0.39, 0.29) is 33.8 Å². The molecule has 0 bridgehead atoms. The fraction of sp³-hybridized carbons (Fsp3) is 0.231. The summed E-state index contributed by atoms with van der Waals surface area (Å²) >= 11 is 1.01. The van der Waals surface area contributed by atoms with Crippen molar-refractivity contribution in [3.05, 3.63) is 49.9 Å². The van der Waals surface area contributed by atoms with Crippen LogP contribution in [0, 0.1) is 24.0 Å². The monoisotopic (exact) mass is 335 g/mol. The molecule has 23 heavy (non-hydrogen) atoms. The van der Waals surface area contributed by atoms with Gasteiger partial charge in [0.15, 0.2) is 5.16 Å². The van der Waals surface area contributed by atoms with E-state index in [1.165, 1.54) is 19.1 Å². The Morgan fingerprint density at radius 1 is 1.39 bits per heavy atom. The molecule has 10 heteroatoms. The predicted molar refractivity (Wildman–Crippen MR) is 84.6 cm³/mol. The standard InChI is InChI=1S/C13H13N5O4S/c1-7-3-4-9(18(21)22)5-10(7)14-11(19)6-23-13-15-12(20)8(2)16-17-13/h3-5H,6H2,1-2H3,(H,14,19)(H,15,17,20). The number of nitrogens with one attached hydrogen (secondary N) is 2. The molecule has 0 fully saturated rings. The van der Waals surface area contributed by atoms with E-state index in [0.717, 1.165) is 11.8 Å². The Labute approximate surface area is 134 Å². The Morgan fingerprint density at radius 3 is 2.78 bits per heavy atom. The molecule has 120 valence electrons. The lowest BCUT2D eigenvalue weighted by Crippen LogP contribution is -2.17. The molecule has 0 saturated carbocycles. The molecule has 1 amide bonds. The summed E-state index contributed by atoms with van der Waals surface area (Å²) < 4.78 is 0. The summed E-state index contributed by atoms with van der Waals surface area (Å²) in [5.74, 6) is -0.391. The first-order chi connectivity index (χ1) is 10.9. The minimum Gasteiger partial charge on any atom is -0.325 e. The van der Waals surface area contributed by atoms with E-state index in [1.54, 1.807) is 13.0 Å². The molecular weight excluding hydrogens is 322 g/mol. The highest BCUT2D eigenvalue weighted by molar-refractivity contribution is 7.99. The van der Waals surface area contributed by atoms with Gasteiger partial charge in [-0.25, -0.2) is 0 Å². The van der Waals surface area contributed by atoms with Crippen molar-refractivity contribution in [2.24, 2.45) is 0 Å². The Balaban J connectivity index is 2.02. The lowest BCUT2D eigenvalue weighted by molar-refractivity contribution is -0.384. The molecule has 9 nitrogen and oxygen atoms in total. The molecule has 1 aromatic carbocycles. The largest absolute Gasteiger partial charge is 0.325 e. The summed E-state index contributed by atoms with van der Waals surface area (Å²) in [6.07, 6.45) is 0. The Bertz CT molecular complexity index is 820. The number of non-ortho nitro benzene ring substituents is 1. The van der Waals surface area contributed by atoms with Crippen molar-refractivity contribution in [1.82, 2.24) is 15.2 Å². The van der Waals surface area contributed by atoms with Crippen molar-refractivity contribution < 1.29 is 9.72 Å². The third-order valence-corrected chi connectivity index (χ3v) is 3.75. The first-order valence-electron chi connectivity index (χ1n) is 6.48. The quantitative estimate of drug-likeness (QED) is 0.480. The number of amides is 1. The van der Waals surface area contributed by atoms with Crippen molar-refractivity contribution in [1.29, 1.82) is 0 Å². The molecule has 0 atom stereocenters. The number of H-pyrrole nitrogens is 1. The van der Waals surface area contributed by atoms with Crippen molar-refractivity contribution in [3.63, 3.8) is 0 Å². The number of nitro groups is 1. The summed E-state index contributed by atoms with van der Waals surface area (Å²) in [6.45, 7) is 3.26. The summed E-state index contributed by atoms with van der Waals surface area (Å²) in [7, 11) is 0. The van der Waals surface area contributed by atoms with Crippen LogP contribution in [0.3, 0.4) is 0 Å². The molecule has 0 unspecified atom stereocenters. The van der Waals surface area contributed by atoms with Gasteiger partial charge >= 0.3 is 0 Å². The lowest BCUT2D eigenvalue weighted by atomic mass is 10.2. The number of hydrogen-bond acceptors (Lipinski definition) is 7. The molecule has 2 N–H and O–H groups in total. The van der Waals surface area contributed by atoms with Crippen molar-refractivity contribution >= 4 is 29.0 Å². The SMILES string of the molecule is Cc1ccc([N+](=O)[O-])cc1NC(=O)CSc1nnc(C)c(=O)[nH]1. The fourth-order valence-electron chi connectivity index (χ4n) is 1.62. The van der Waals surface area contributed by atoms with Crippen LogP contribution in [0.2, 0.25) is 0 Å². The molecule has 0 saturated heterocycles. The number of nitrogens with zero attached hydrogens (tertiary/aromatic N) is 3. The van der Waals surface area contributed by atoms with Crippen molar-refractivity contribution in [2.75, 3.05) is 11.1 Å². The molecular formula is C13H13N5O4S. The Morgan fingerprint density at radius 2 is 2.13 bits per heavy atom. The van der Waals surface area contributed by atoms with Gasteiger partial charge in [0.2, 0.25) is 5.91 Å². The number of hydrogen-bond donors (Lipinski definition) is 2. The number of anilines is 1. The predicted octanol–water partition coefficient (Wildman–Crippen LogP) is 1.42. The normalized spacial score (nSPS) is 10.3. The minimum absolute atomic E-state index is 0.0180. The van der Waals surface area contributed by atoms with Gasteiger partial charge in [-0.2, -0.15) is 0 Å². The van der Waals surface area contributed by atoms with Gasteiger partial charge in [-0.05, 0) is 19.4 Å².